The lowest BCUT2D eigenvalue weighted by molar-refractivity contribution is -0.122. The van der Waals surface area contributed by atoms with E-state index in [0.717, 1.165) is 47.2 Å². The fourth-order valence-electron chi connectivity index (χ4n) is 3.74. The van der Waals surface area contributed by atoms with Crippen molar-refractivity contribution < 1.29 is 14.6 Å². The molecule has 2 aromatic heterocycles. The molecule has 1 saturated heterocycles. The molecule has 1 fully saturated rings. The Kier molecular flexibility index (Phi) is 6.45. The van der Waals surface area contributed by atoms with Crippen molar-refractivity contribution in [3.05, 3.63) is 35.2 Å². The van der Waals surface area contributed by atoms with Gasteiger partial charge in [-0.15, -0.1) is 0 Å². The molecular weight excluding hydrogens is 380 g/mol. The Bertz CT molecular complexity index is 1030. The third-order valence-electron chi connectivity index (χ3n) is 4.83. The summed E-state index contributed by atoms with van der Waals surface area (Å²) >= 11 is 6.25. The second-order valence-electron chi connectivity index (χ2n) is 6.67. The number of carbonyl (C=O) groups is 1. The van der Waals surface area contributed by atoms with Crippen LogP contribution in [0, 0.1) is 11.3 Å². The van der Waals surface area contributed by atoms with Crippen LogP contribution < -0.4 is 0 Å². The number of aryl methyl sites for hydroxylation is 1. The molecule has 1 aliphatic heterocycles. The standard InChI is InChI=1S/C19H19ClN4O.CH2O2/c1-12-9-14(6-8-25-12)24-18(3-2-7-21)23-17-11-22-16-5-4-13(20)10-15(16)19(17)24;2-1-3/h4-5,10-12,14H,2-3,6,8-9H2,1H3;1H,(H,2,3)/t12-,14-;/m1./s1. The van der Waals surface area contributed by atoms with Crippen LogP contribution in [0.5, 0.6) is 0 Å². The highest BCUT2D eigenvalue weighted by atomic mass is 35.5. The fraction of sp³-hybridized carbons (Fsp3) is 0.400. The van der Waals surface area contributed by atoms with Gasteiger partial charge in [0.15, 0.2) is 0 Å². The van der Waals surface area contributed by atoms with Crippen molar-refractivity contribution in [2.24, 2.45) is 0 Å². The van der Waals surface area contributed by atoms with Gasteiger partial charge < -0.3 is 14.4 Å². The summed E-state index contributed by atoms with van der Waals surface area (Å²) in [6, 6.07) is 8.30. The molecule has 0 spiro atoms. The quantitative estimate of drug-likeness (QED) is 0.663. The first-order valence-electron chi connectivity index (χ1n) is 9.10. The van der Waals surface area contributed by atoms with Crippen molar-refractivity contribution in [2.45, 2.75) is 44.8 Å². The minimum atomic E-state index is -0.250. The van der Waals surface area contributed by atoms with Crippen LogP contribution in [-0.4, -0.2) is 38.8 Å². The highest BCUT2D eigenvalue weighted by Crippen LogP contribution is 2.34. The lowest BCUT2D eigenvalue weighted by Crippen LogP contribution is -2.26. The Labute approximate surface area is 167 Å². The maximum atomic E-state index is 9.02. The van der Waals surface area contributed by atoms with Crippen LogP contribution in [0.2, 0.25) is 5.02 Å². The number of carboxylic acid groups (broad SMARTS) is 1. The number of imidazole rings is 1. The summed E-state index contributed by atoms with van der Waals surface area (Å²) in [4.78, 5) is 17.7. The van der Waals surface area contributed by atoms with E-state index in [0.29, 0.717) is 23.9 Å². The summed E-state index contributed by atoms with van der Waals surface area (Å²) in [6.45, 7) is 2.60. The molecule has 28 heavy (non-hydrogen) atoms. The zero-order valence-corrected chi connectivity index (χ0v) is 16.3. The number of hydrogen-bond acceptors (Lipinski definition) is 5. The Morgan fingerprint density at radius 2 is 2.25 bits per heavy atom. The molecule has 0 unspecified atom stereocenters. The van der Waals surface area contributed by atoms with Gasteiger partial charge in [0, 0.05) is 35.9 Å². The van der Waals surface area contributed by atoms with E-state index in [1.54, 1.807) is 0 Å². The molecule has 1 aliphatic rings. The molecular formula is C20H21ClN4O3. The first kappa shape index (κ1) is 20.1. The van der Waals surface area contributed by atoms with E-state index < -0.39 is 0 Å². The Hall–Kier alpha value is -2.69. The molecule has 0 amide bonds. The summed E-state index contributed by atoms with van der Waals surface area (Å²) < 4.78 is 8.04. The van der Waals surface area contributed by atoms with Crippen molar-refractivity contribution in [2.75, 3.05) is 6.61 Å². The van der Waals surface area contributed by atoms with E-state index in [1.807, 2.05) is 24.4 Å². The van der Waals surface area contributed by atoms with Gasteiger partial charge in [0.25, 0.3) is 6.47 Å². The lowest BCUT2D eigenvalue weighted by Gasteiger charge is -2.30. The van der Waals surface area contributed by atoms with Crippen molar-refractivity contribution in [3.8, 4) is 6.07 Å². The van der Waals surface area contributed by atoms with E-state index in [4.69, 9.17) is 36.5 Å². The van der Waals surface area contributed by atoms with Gasteiger partial charge in [-0.25, -0.2) is 4.98 Å². The highest BCUT2D eigenvalue weighted by molar-refractivity contribution is 6.31. The second kappa shape index (κ2) is 9.00. The van der Waals surface area contributed by atoms with Crippen LogP contribution in [0.15, 0.2) is 24.4 Å². The van der Waals surface area contributed by atoms with Crippen LogP contribution in [-0.2, 0) is 16.0 Å². The summed E-state index contributed by atoms with van der Waals surface area (Å²) in [7, 11) is 0. The maximum absolute atomic E-state index is 9.02. The number of hydrogen-bond donors (Lipinski definition) is 1. The third-order valence-corrected chi connectivity index (χ3v) is 5.07. The smallest absolute Gasteiger partial charge is 0.290 e. The van der Waals surface area contributed by atoms with Crippen molar-refractivity contribution in [1.82, 2.24) is 14.5 Å². The second-order valence-corrected chi connectivity index (χ2v) is 7.11. The minimum absolute atomic E-state index is 0.219. The molecule has 7 nitrogen and oxygen atoms in total. The molecule has 0 saturated carbocycles. The SMILES string of the molecule is C[C@@H]1C[C@H](n2c(CCC#N)nc3cnc4ccc(Cl)cc4c32)CCO1.O=CO. The van der Waals surface area contributed by atoms with E-state index in [2.05, 4.69) is 22.5 Å². The van der Waals surface area contributed by atoms with Gasteiger partial charge in [0.1, 0.15) is 11.3 Å². The van der Waals surface area contributed by atoms with Gasteiger partial charge in [0.2, 0.25) is 0 Å². The topological polar surface area (TPSA) is 101 Å². The summed E-state index contributed by atoms with van der Waals surface area (Å²) in [6.07, 6.45) is 5.01. The number of halogens is 1. The third kappa shape index (κ3) is 4.08. The van der Waals surface area contributed by atoms with Gasteiger partial charge in [-0.05, 0) is 38.0 Å². The monoisotopic (exact) mass is 400 g/mol. The average Bonchev–Trinajstić information content (AvgIpc) is 3.06. The minimum Gasteiger partial charge on any atom is -0.483 e. The fourth-order valence-corrected chi connectivity index (χ4v) is 3.92. The number of ether oxygens (including phenoxy) is 1. The number of benzene rings is 1. The number of rotatable bonds is 3. The maximum Gasteiger partial charge on any atom is 0.290 e. The number of nitrogens with zero attached hydrogens (tertiary/aromatic N) is 4. The highest BCUT2D eigenvalue weighted by Gasteiger charge is 2.26. The van der Waals surface area contributed by atoms with Crippen LogP contribution in [0.3, 0.4) is 0 Å². The Morgan fingerprint density at radius 1 is 1.46 bits per heavy atom. The van der Waals surface area contributed by atoms with Crippen molar-refractivity contribution in [3.63, 3.8) is 0 Å². The van der Waals surface area contributed by atoms with Crippen molar-refractivity contribution >= 4 is 40.0 Å². The van der Waals surface area contributed by atoms with Crippen LogP contribution >= 0.6 is 11.6 Å². The zero-order chi connectivity index (χ0) is 20.1. The largest absolute Gasteiger partial charge is 0.483 e. The predicted molar refractivity (Wildman–Crippen MR) is 106 cm³/mol. The number of aromatic nitrogens is 3. The van der Waals surface area contributed by atoms with Crippen molar-refractivity contribution in [1.29, 1.82) is 5.26 Å². The van der Waals surface area contributed by atoms with Crippen LogP contribution in [0.4, 0.5) is 0 Å². The number of nitriles is 1. The molecule has 146 valence electrons. The van der Waals surface area contributed by atoms with Crippen LogP contribution in [0.25, 0.3) is 21.9 Å². The first-order valence-corrected chi connectivity index (χ1v) is 9.48. The average molecular weight is 401 g/mol. The molecule has 4 rings (SSSR count). The zero-order valence-electron chi connectivity index (χ0n) is 15.5. The summed E-state index contributed by atoms with van der Waals surface area (Å²) in [5, 5.41) is 17.6. The summed E-state index contributed by atoms with van der Waals surface area (Å²) in [5.74, 6) is 0.949. The lowest BCUT2D eigenvalue weighted by atomic mass is 10.0. The number of pyridine rings is 1. The molecule has 1 aromatic carbocycles. The molecule has 8 heteroatoms. The molecule has 3 heterocycles. The van der Waals surface area contributed by atoms with Crippen LogP contribution in [0.1, 0.15) is 38.1 Å². The normalized spacial score (nSPS) is 19.0. The molecule has 0 bridgehead atoms. The van der Waals surface area contributed by atoms with Gasteiger partial charge in [-0.3, -0.25) is 9.78 Å². The van der Waals surface area contributed by atoms with E-state index in [9.17, 15) is 0 Å². The van der Waals surface area contributed by atoms with Gasteiger partial charge in [0.05, 0.1) is 29.4 Å². The molecule has 2 atom stereocenters. The van der Waals surface area contributed by atoms with Gasteiger partial charge in [-0.1, -0.05) is 11.6 Å². The van der Waals surface area contributed by atoms with E-state index in [-0.39, 0.29) is 12.6 Å². The first-order chi connectivity index (χ1) is 13.6. The van der Waals surface area contributed by atoms with E-state index in [1.165, 1.54) is 0 Å². The molecule has 0 radical (unpaired) electrons. The van der Waals surface area contributed by atoms with Gasteiger partial charge >= 0.3 is 0 Å². The molecule has 0 aliphatic carbocycles. The molecule has 3 aromatic rings. The Balaban J connectivity index is 0.000000706. The van der Waals surface area contributed by atoms with E-state index >= 15 is 0 Å². The number of fused-ring (bicyclic) bond motifs is 3. The van der Waals surface area contributed by atoms with Gasteiger partial charge in [-0.2, -0.15) is 5.26 Å². The summed E-state index contributed by atoms with van der Waals surface area (Å²) in [5.41, 5.74) is 2.84. The molecule has 1 N–H and O–H groups in total. The predicted octanol–water partition coefficient (Wildman–Crippen LogP) is 4.13. The Morgan fingerprint density at radius 3 is 2.96 bits per heavy atom.